The van der Waals surface area contributed by atoms with Gasteiger partial charge in [-0.1, -0.05) is 36.8 Å². The second-order valence-corrected chi connectivity index (χ2v) is 8.88. The lowest BCUT2D eigenvalue weighted by Crippen LogP contribution is -2.37. The molecule has 0 atom stereocenters. The average Bonchev–Trinajstić information content (AvgIpc) is 2.73. The van der Waals surface area contributed by atoms with Crippen molar-refractivity contribution in [1.29, 1.82) is 0 Å². The molecule has 1 saturated carbocycles. The van der Waals surface area contributed by atoms with Crippen LogP contribution in [0, 0.1) is 5.92 Å². The van der Waals surface area contributed by atoms with E-state index in [2.05, 4.69) is 50.8 Å². The summed E-state index contributed by atoms with van der Waals surface area (Å²) in [5.74, 6) is 0.928. The Bertz CT molecular complexity index is 875. The van der Waals surface area contributed by atoms with Crippen LogP contribution in [0.25, 0.3) is 0 Å². The highest BCUT2D eigenvalue weighted by Crippen LogP contribution is 2.31. The molecule has 1 heterocycles. The predicted molar refractivity (Wildman–Crippen MR) is 124 cm³/mol. The molecule has 0 spiro atoms. The molecule has 2 aromatic rings. The van der Waals surface area contributed by atoms with E-state index in [1.54, 1.807) is 0 Å². The van der Waals surface area contributed by atoms with Crippen LogP contribution in [0.3, 0.4) is 0 Å². The molecule has 1 aliphatic carbocycles. The summed E-state index contributed by atoms with van der Waals surface area (Å²) in [5.41, 5.74) is 6.16. The molecule has 160 valence electrons. The zero-order chi connectivity index (χ0) is 20.9. The summed E-state index contributed by atoms with van der Waals surface area (Å²) in [6.07, 6.45) is 5.27. The highest BCUT2D eigenvalue weighted by Gasteiger charge is 2.24. The predicted octanol–water partition coefficient (Wildman–Crippen LogP) is 3.64. The van der Waals surface area contributed by atoms with Gasteiger partial charge in [-0.2, -0.15) is 0 Å². The Hall–Kier alpha value is -2.53. The van der Waals surface area contributed by atoms with Crippen LogP contribution < -0.4 is 15.5 Å². The number of fused-ring (bicyclic) bond motifs is 1. The number of nitrogens with one attached hydrogen (secondary N) is 2. The lowest BCUT2D eigenvalue weighted by molar-refractivity contribution is -0.119. The van der Waals surface area contributed by atoms with Crippen molar-refractivity contribution in [2.75, 3.05) is 43.9 Å². The molecule has 5 nitrogen and oxygen atoms in total. The largest absolute Gasteiger partial charge is 0.377 e. The van der Waals surface area contributed by atoms with Gasteiger partial charge in [0.25, 0.3) is 0 Å². The number of hydrogen-bond acceptors (Lipinski definition) is 4. The van der Waals surface area contributed by atoms with Crippen molar-refractivity contribution in [2.45, 2.75) is 38.8 Å². The van der Waals surface area contributed by atoms with Crippen molar-refractivity contribution in [2.24, 2.45) is 5.92 Å². The summed E-state index contributed by atoms with van der Waals surface area (Å²) < 4.78 is 0. The SMILES string of the molecule is CN(C)c1ccccc1CNC(=O)CNc1cccc2c1CCN(CC1CCC1)C2. The zero-order valence-corrected chi connectivity index (χ0v) is 18.3. The van der Waals surface area contributed by atoms with Gasteiger partial charge in [-0.3, -0.25) is 9.69 Å². The molecule has 0 bridgehead atoms. The minimum Gasteiger partial charge on any atom is -0.377 e. The molecule has 0 unspecified atom stereocenters. The highest BCUT2D eigenvalue weighted by molar-refractivity contribution is 5.81. The van der Waals surface area contributed by atoms with E-state index in [0.29, 0.717) is 13.1 Å². The third kappa shape index (κ3) is 4.96. The Balaban J connectivity index is 1.30. The van der Waals surface area contributed by atoms with Crippen LogP contribution >= 0.6 is 0 Å². The molecular formula is C25H34N4O. The van der Waals surface area contributed by atoms with E-state index in [4.69, 9.17) is 0 Å². The van der Waals surface area contributed by atoms with Crippen molar-refractivity contribution in [3.05, 3.63) is 59.2 Å². The Kier molecular flexibility index (Phi) is 6.58. The van der Waals surface area contributed by atoms with Gasteiger partial charge in [0.1, 0.15) is 0 Å². The number of anilines is 2. The summed E-state index contributed by atoms with van der Waals surface area (Å²) in [7, 11) is 4.04. The number of rotatable bonds is 8. The van der Waals surface area contributed by atoms with Crippen molar-refractivity contribution >= 4 is 17.3 Å². The second kappa shape index (κ2) is 9.52. The topological polar surface area (TPSA) is 47.6 Å². The van der Waals surface area contributed by atoms with Crippen LogP contribution in [-0.4, -0.2) is 44.5 Å². The minimum atomic E-state index is 0.0172. The number of nitrogens with zero attached hydrogens (tertiary/aromatic N) is 2. The Morgan fingerprint density at radius 3 is 2.73 bits per heavy atom. The van der Waals surface area contributed by atoms with Crippen LogP contribution in [0.1, 0.15) is 36.0 Å². The van der Waals surface area contributed by atoms with E-state index < -0.39 is 0 Å². The quantitative estimate of drug-likeness (QED) is 0.703. The third-order valence-electron chi connectivity index (χ3n) is 6.47. The van der Waals surface area contributed by atoms with Crippen LogP contribution in [0.2, 0.25) is 0 Å². The summed E-state index contributed by atoms with van der Waals surface area (Å²) in [6.45, 7) is 4.24. The maximum atomic E-state index is 12.5. The van der Waals surface area contributed by atoms with Gasteiger partial charge >= 0.3 is 0 Å². The molecule has 4 rings (SSSR count). The van der Waals surface area contributed by atoms with Gasteiger partial charge in [-0.25, -0.2) is 0 Å². The molecule has 0 radical (unpaired) electrons. The molecular weight excluding hydrogens is 372 g/mol. The first-order chi connectivity index (χ1) is 14.6. The van der Waals surface area contributed by atoms with E-state index in [0.717, 1.165) is 42.4 Å². The fourth-order valence-corrected chi connectivity index (χ4v) is 4.56. The molecule has 2 aromatic carbocycles. The van der Waals surface area contributed by atoms with Crippen molar-refractivity contribution in [3.63, 3.8) is 0 Å². The smallest absolute Gasteiger partial charge is 0.239 e. The third-order valence-corrected chi connectivity index (χ3v) is 6.47. The Labute approximate surface area is 180 Å². The van der Waals surface area contributed by atoms with Gasteiger partial charge in [0.15, 0.2) is 0 Å². The van der Waals surface area contributed by atoms with Gasteiger partial charge in [0.2, 0.25) is 5.91 Å². The van der Waals surface area contributed by atoms with Gasteiger partial charge in [0, 0.05) is 51.6 Å². The molecule has 2 aliphatic rings. The van der Waals surface area contributed by atoms with Crippen LogP contribution in [0.4, 0.5) is 11.4 Å². The molecule has 2 N–H and O–H groups in total. The number of carbonyl (C=O) groups is 1. The number of benzene rings is 2. The minimum absolute atomic E-state index is 0.0172. The van der Waals surface area contributed by atoms with Gasteiger partial charge in [0.05, 0.1) is 6.54 Å². The molecule has 5 heteroatoms. The summed E-state index contributed by atoms with van der Waals surface area (Å²) in [4.78, 5) is 17.1. The molecule has 0 aromatic heterocycles. The molecule has 1 amide bonds. The maximum absolute atomic E-state index is 12.5. The standard InChI is InChI=1S/C25H34N4O/c1-28(2)24-12-4-3-9-20(24)15-27-25(30)16-26-23-11-6-10-21-18-29(14-13-22(21)23)17-19-7-5-8-19/h3-4,6,9-12,19,26H,5,7-8,13-18H2,1-2H3,(H,27,30). The van der Waals surface area contributed by atoms with E-state index in [1.165, 1.54) is 36.9 Å². The highest BCUT2D eigenvalue weighted by atomic mass is 16.1. The summed E-state index contributed by atoms with van der Waals surface area (Å²) in [6, 6.07) is 14.6. The van der Waals surface area contributed by atoms with E-state index in [1.807, 2.05) is 26.2 Å². The molecule has 1 fully saturated rings. The average molecular weight is 407 g/mol. The summed E-state index contributed by atoms with van der Waals surface area (Å²) >= 11 is 0. The lowest BCUT2D eigenvalue weighted by Gasteiger charge is -2.35. The maximum Gasteiger partial charge on any atom is 0.239 e. The van der Waals surface area contributed by atoms with E-state index >= 15 is 0 Å². The monoisotopic (exact) mass is 406 g/mol. The molecule has 1 aliphatic heterocycles. The Morgan fingerprint density at radius 1 is 1.13 bits per heavy atom. The first-order valence-electron chi connectivity index (χ1n) is 11.2. The van der Waals surface area contributed by atoms with E-state index in [9.17, 15) is 4.79 Å². The van der Waals surface area contributed by atoms with Gasteiger partial charge in [-0.05, 0) is 54.0 Å². The van der Waals surface area contributed by atoms with Crippen LogP contribution in [-0.2, 0) is 24.3 Å². The molecule has 30 heavy (non-hydrogen) atoms. The fraction of sp³-hybridized carbons (Fsp3) is 0.480. The van der Waals surface area contributed by atoms with Crippen LogP contribution in [0.5, 0.6) is 0 Å². The van der Waals surface area contributed by atoms with Gasteiger partial charge < -0.3 is 15.5 Å². The van der Waals surface area contributed by atoms with Crippen LogP contribution in [0.15, 0.2) is 42.5 Å². The fourth-order valence-electron chi connectivity index (χ4n) is 4.56. The molecule has 0 saturated heterocycles. The zero-order valence-electron chi connectivity index (χ0n) is 18.3. The van der Waals surface area contributed by atoms with E-state index in [-0.39, 0.29) is 5.91 Å². The van der Waals surface area contributed by atoms with Crippen molar-refractivity contribution < 1.29 is 4.79 Å². The first kappa shape index (κ1) is 20.7. The second-order valence-electron chi connectivity index (χ2n) is 8.88. The van der Waals surface area contributed by atoms with Crippen molar-refractivity contribution in [1.82, 2.24) is 10.2 Å². The lowest BCUT2D eigenvalue weighted by atomic mass is 9.84. The summed E-state index contributed by atoms with van der Waals surface area (Å²) in [5, 5.41) is 6.43. The number of carbonyl (C=O) groups excluding carboxylic acids is 1. The van der Waals surface area contributed by atoms with Gasteiger partial charge in [-0.15, -0.1) is 0 Å². The first-order valence-corrected chi connectivity index (χ1v) is 11.2. The normalized spacial score (nSPS) is 16.5. The van der Waals surface area contributed by atoms with Crippen molar-refractivity contribution in [3.8, 4) is 0 Å². The number of hydrogen-bond donors (Lipinski definition) is 2. The Morgan fingerprint density at radius 2 is 1.97 bits per heavy atom. The number of para-hydroxylation sites is 1. The number of amides is 1.